The normalized spacial score (nSPS) is 20.4. The van der Waals surface area contributed by atoms with Gasteiger partial charge >= 0.3 is 0 Å². The van der Waals surface area contributed by atoms with Crippen molar-refractivity contribution in [2.75, 3.05) is 31.2 Å². The van der Waals surface area contributed by atoms with Gasteiger partial charge in [-0.3, -0.25) is 0 Å². The van der Waals surface area contributed by atoms with E-state index in [1.54, 1.807) is 6.92 Å². The molecule has 0 bridgehead atoms. The molecule has 2 N–H and O–H groups in total. The average Bonchev–Trinajstić information content (AvgIpc) is 2.36. The summed E-state index contributed by atoms with van der Waals surface area (Å²) in [4.78, 5) is 0. The Kier molecular flexibility index (Phi) is 5.89. The van der Waals surface area contributed by atoms with Gasteiger partial charge in [0, 0.05) is 30.9 Å². The first-order valence-corrected chi connectivity index (χ1v) is 8.38. The minimum absolute atomic E-state index is 0.00573. The summed E-state index contributed by atoms with van der Waals surface area (Å²) in [6.07, 6.45) is 5.71. The maximum absolute atomic E-state index is 11.3. The van der Waals surface area contributed by atoms with E-state index in [0.29, 0.717) is 6.54 Å². The van der Waals surface area contributed by atoms with Crippen molar-refractivity contribution in [3.05, 3.63) is 0 Å². The molecule has 0 atom stereocenters. The van der Waals surface area contributed by atoms with Gasteiger partial charge in [0.2, 0.25) is 0 Å². The SMILES string of the molecule is CCS(=O)(=O)CCNCC1(CO)CCCCC1. The Morgan fingerprint density at radius 2 is 1.88 bits per heavy atom. The number of hydrogen-bond donors (Lipinski definition) is 2. The molecule has 0 aromatic carbocycles. The number of rotatable bonds is 7. The molecule has 0 aromatic heterocycles. The summed E-state index contributed by atoms with van der Waals surface area (Å²) in [5.41, 5.74) is -0.00573. The fourth-order valence-electron chi connectivity index (χ4n) is 2.42. The van der Waals surface area contributed by atoms with Crippen LogP contribution in [-0.2, 0) is 9.84 Å². The summed E-state index contributed by atoms with van der Waals surface area (Å²) in [5, 5.41) is 12.7. The molecule has 0 radical (unpaired) electrons. The maximum Gasteiger partial charge on any atom is 0.151 e. The zero-order chi connectivity index (χ0) is 12.8. The van der Waals surface area contributed by atoms with E-state index < -0.39 is 9.84 Å². The Hall–Kier alpha value is -0.130. The van der Waals surface area contributed by atoms with Gasteiger partial charge in [0.1, 0.15) is 0 Å². The number of aliphatic hydroxyl groups is 1. The molecule has 0 spiro atoms. The van der Waals surface area contributed by atoms with Gasteiger partial charge in [0.05, 0.1) is 5.75 Å². The van der Waals surface area contributed by atoms with Crippen LogP contribution in [0.1, 0.15) is 39.0 Å². The van der Waals surface area contributed by atoms with Crippen molar-refractivity contribution >= 4 is 9.84 Å². The third-order valence-electron chi connectivity index (χ3n) is 3.78. The Balaban J connectivity index is 2.29. The van der Waals surface area contributed by atoms with Crippen LogP contribution in [0.4, 0.5) is 0 Å². The minimum atomic E-state index is -2.87. The molecular formula is C12H25NO3S. The maximum atomic E-state index is 11.3. The minimum Gasteiger partial charge on any atom is -0.396 e. The summed E-state index contributed by atoms with van der Waals surface area (Å²) in [5.74, 6) is 0.408. The largest absolute Gasteiger partial charge is 0.396 e. The van der Waals surface area contributed by atoms with Gasteiger partial charge in [-0.2, -0.15) is 0 Å². The first-order chi connectivity index (χ1) is 8.04. The number of aliphatic hydroxyl groups excluding tert-OH is 1. The van der Waals surface area contributed by atoms with Crippen LogP contribution in [0, 0.1) is 5.41 Å². The van der Waals surface area contributed by atoms with Crippen LogP contribution in [0.25, 0.3) is 0 Å². The molecule has 0 amide bonds. The van der Waals surface area contributed by atoms with Crippen LogP contribution in [0.2, 0.25) is 0 Å². The number of sulfone groups is 1. The van der Waals surface area contributed by atoms with Crippen LogP contribution < -0.4 is 5.32 Å². The molecule has 0 aliphatic heterocycles. The van der Waals surface area contributed by atoms with E-state index >= 15 is 0 Å². The predicted molar refractivity (Wildman–Crippen MR) is 69.8 cm³/mol. The highest BCUT2D eigenvalue weighted by atomic mass is 32.2. The quantitative estimate of drug-likeness (QED) is 0.671. The molecule has 1 aliphatic rings. The molecule has 0 heterocycles. The molecule has 0 aromatic rings. The second-order valence-corrected chi connectivity index (χ2v) is 7.60. The van der Waals surface area contributed by atoms with Gasteiger partial charge in [-0.1, -0.05) is 26.2 Å². The fourth-order valence-corrected chi connectivity index (χ4v) is 3.16. The first kappa shape index (κ1) is 14.9. The third-order valence-corrected chi connectivity index (χ3v) is 5.49. The van der Waals surface area contributed by atoms with E-state index in [1.807, 2.05) is 0 Å². The van der Waals surface area contributed by atoms with Crippen LogP contribution in [0.5, 0.6) is 0 Å². The van der Waals surface area contributed by atoms with E-state index in [9.17, 15) is 13.5 Å². The summed E-state index contributed by atoms with van der Waals surface area (Å²) in [7, 11) is -2.87. The molecule has 1 aliphatic carbocycles. The highest BCUT2D eigenvalue weighted by Gasteiger charge is 2.30. The van der Waals surface area contributed by atoms with Gasteiger partial charge in [0.25, 0.3) is 0 Å². The zero-order valence-corrected chi connectivity index (χ0v) is 11.6. The lowest BCUT2D eigenvalue weighted by atomic mass is 9.74. The lowest BCUT2D eigenvalue weighted by molar-refractivity contribution is 0.0820. The highest BCUT2D eigenvalue weighted by molar-refractivity contribution is 7.91. The van der Waals surface area contributed by atoms with Crippen molar-refractivity contribution in [2.45, 2.75) is 39.0 Å². The fraction of sp³-hybridized carbons (Fsp3) is 1.00. The number of hydrogen-bond acceptors (Lipinski definition) is 4. The lowest BCUT2D eigenvalue weighted by Crippen LogP contribution is -2.40. The molecule has 1 saturated carbocycles. The van der Waals surface area contributed by atoms with Gasteiger partial charge < -0.3 is 10.4 Å². The van der Waals surface area contributed by atoms with Gasteiger partial charge in [-0.25, -0.2) is 8.42 Å². The van der Waals surface area contributed by atoms with Crippen molar-refractivity contribution in [1.29, 1.82) is 0 Å². The molecule has 5 heteroatoms. The molecule has 4 nitrogen and oxygen atoms in total. The van der Waals surface area contributed by atoms with E-state index in [2.05, 4.69) is 5.32 Å². The average molecular weight is 263 g/mol. The van der Waals surface area contributed by atoms with Crippen LogP contribution >= 0.6 is 0 Å². The van der Waals surface area contributed by atoms with E-state index in [-0.39, 0.29) is 23.5 Å². The van der Waals surface area contributed by atoms with Crippen LogP contribution in [0.15, 0.2) is 0 Å². The van der Waals surface area contributed by atoms with E-state index in [1.165, 1.54) is 19.3 Å². The molecule has 1 fully saturated rings. The van der Waals surface area contributed by atoms with Crippen LogP contribution in [0.3, 0.4) is 0 Å². The van der Waals surface area contributed by atoms with Crippen molar-refractivity contribution in [2.24, 2.45) is 5.41 Å². The zero-order valence-electron chi connectivity index (χ0n) is 10.7. The molecule has 17 heavy (non-hydrogen) atoms. The Morgan fingerprint density at radius 1 is 1.24 bits per heavy atom. The van der Waals surface area contributed by atoms with Crippen molar-refractivity contribution in [3.63, 3.8) is 0 Å². The standard InChI is InChI=1S/C12H25NO3S/c1-2-17(15,16)9-8-13-10-12(11-14)6-4-3-5-7-12/h13-14H,2-11H2,1H3. The first-order valence-electron chi connectivity index (χ1n) is 6.56. The molecule has 102 valence electrons. The van der Waals surface area contributed by atoms with Crippen LogP contribution in [-0.4, -0.2) is 44.7 Å². The smallest absolute Gasteiger partial charge is 0.151 e. The van der Waals surface area contributed by atoms with Crippen molar-refractivity contribution in [1.82, 2.24) is 5.32 Å². The summed E-state index contributed by atoms with van der Waals surface area (Å²) in [6, 6.07) is 0. The lowest BCUT2D eigenvalue weighted by Gasteiger charge is -2.35. The summed E-state index contributed by atoms with van der Waals surface area (Å²) in [6.45, 7) is 3.12. The second kappa shape index (κ2) is 6.71. The predicted octanol–water partition coefficient (Wildman–Crippen LogP) is 0.953. The van der Waals surface area contributed by atoms with E-state index in [0.717, 1.165) is 19.4 Å². The van der Waals surface area contributed by atoms with E-state index in [4.69, 9.17) is 0 Å². The monoisotopic (exact) mass is 263 g/mol. The second-order valence-electron chi connectivity index (χ2n) is 5.13. The molecule has 1 rings (SSSR count). The molecule has 0 unspecified atom stereocenters. The Bertz CT molecular complexity index is 308. The summed E-state index contributed by atoms with van der Waals surface area (Å²) >= 11 is 0. The van der Waals surface area contributed by atoms with Crippen molar-refractivity contribution in [3.8, 4) is 0 Å². The molecular weight excluding hydrogens is 238 g/mol. The third kappa shape index (κ3) is 4.94. The Labute approximate surface area is 105 Å². The molecule has 0 saturated heterocycles. The topological polar surface area (TPSA) is 66.4 Å². The highest BCUT2D eigenvalue weighted by Crippen LogP contribution is 2.35. The van der Waals surface area contributed by atoms with Gasteiger partial charge in [-0.05, 0) is 12.8 Å². The van der Waals surface area contributed by atoms with Gasteiger partial charge in [-0.15, -0.1) is 0 Å². The van der Waals surface area contributed by atoms with Crippen molar-refractivity contribution < 1.29 is 13.5 Å². The Morgan fingerprint density at radius 3 is 2.41 bits per heavy atom. The summed E-state index contributed by atoms with van der Waals surface area (Å²) < 4.78 is 22.6. The number of nitrogens with one attached hydrogen (secondary N) is 1. The van der Waals surface area contributed by atoms with Gasteiger partial charge in [0.15, 0.2) is 9.84 Å².